The molecule has 2 nitrogen and oxygen atoms in total. The van der Waals surface area contributed by atoms with Crippen molar-refractivity contribution in [1.29, 1.82) is 0 Å². The molecule has 1 saturated carbocycles. The molecule has 0 radical (unpaired) electrons. The molecule has 0 heterocycles. The predicted molar refractivity (Wildman–Crippen MR) is 61.4 cm³/mol. The van der Waals surface area contributed by atoms with E-state index in [2.05, 4.69) is 4.90 Å². The molecule has 1 aliphatic carbocycles. The van der Waals surface area contributed by atoms with Gasteiger partial charge in [-0.2, -0.15) is 0 Å². The molecule has 0 unspecified atom stereocenters. The highest BCUT2D eigenvalue weighted by atomic mass is 19.1. The number of anilines is 2. The van der Waals surface area contributed by atoms with Crippen LogP contribution in [0.5, 0.6) is 0 Å². The summed E-state index contributed by atoms with van der Waals surface area (Å²) in [4.78, 5) is 2.12. The van der Waals surface area contributed by atoms with E-state index in [1.807, 2.05) is 7.05 Å². The highest BCUT2D eigenvalue weighted by molar-refractivity contribution is 5.67. The van der Waals surface area contributed by atoms with E-state index in [0.717, 1.165) is 18.2 Å². The number of rotatable bonds is 3. The third kappa shape index (κ3) is 2.22. The molecular formula is C12H17FN2. The van der Waals surface area contributed by atoms with Crippen LogP contribution in [0.4, 0.5) is 15.8 Å². The molecule has 0 aliphatic heterocycles. The van der Waals surface area contributed by atoms with Gasteiger partial charge in [0.2, 0.25) is 0 Å². The largest absolute Gasteiger partial charge is 0.397 e. The maximum absolute atomic E-state index is 12.9. The fourth-order valence-electron chi connectivity index (χ4n) is 2.03. The summed E-state index contributed by atoms with van der Waals surface area (Å²) in [5, 5.41) is 0. The molecule has 0 bridgehead atoms. The van der Waals surface area contributed by atoms with E-state index in [1.165, 1.54) is 31.4 Å². The second kappa shape index (κ2) is 4.09. The molecule has 0 amide bonds. The van der Waals surface area contributed by atoms with Crippen LogP contribution in [-0.4, -0.2) is 13.6 Å². The van der Waals surface area contributed by atoms with Crippen LogP contribution in [0, 0.1) is 11.7 Å². The minimum absolute atomic E-state index is 0.270. The molecule has 1 fully saturated rings. The van der Waals surface area contributed by atoms with Crippen molar-refractivity contribution in [2.45, 2.75) is 19.3 Å². The molecule has 0 aromatic heterocycles. The van der Waals surface area contributed by atoms with Crippen LogP contribution in [0.2, 0.25) is 0 Å². The van der Waals surface area contributed by atoms with Crippen molar-refractivity contribution in [2.75, 3.05) is 24.2 Å². The molecule has 2 rings (SSSR count). The second-order valence-corrected chi connectivity index (χ2v) is 4.38. The van der Waals surface area contributed by atoms with Crippen molar-refractivity contribution in [3.05, 3.63) is 24.0 Å². The fraction of sp³-hybridized carbons (Fsp3) is 0.500. The Morgan fingerprint density at radius 3 is 2.73 bits per heavy atom. The van der Waals surface area contributed by atoms with Gasteiger partial charge in [-0.25, -0.2) is 4.39 Å². The van der Waals surface area contributed by atoms with E-state index < -0.39 is 0 Å². The van der Waals surface area contributed by atoms with Gasteiger partial charge in [0.15, 0.2) is 0 Å². The van der Waals surface area contributed by atoms with Gasteiger partial charge < -0.3 is 10.6 Å². The summed E-state index contributed by atoms with van der Waals surface area (Å²) >= 11 is 0. The van der Waals surface area contributed by atoms with Gasteiger partial charge in [0.05, 0.1) is 11.4 Å². The average molecular weight is 208 g/mol. The molecule has 15 heavy (non-hydrogen) atoms. The van der Waals surface area contributed by atoms with Crippen LogP contribution in [0.3, 0.4) is 0 Å². The van der Waals surface area contributed by atoms with E-state index in [1.54, 1.807) is 6.07 Å². The summed E-state index contributed by atoms with van der Waals surface area (Å²) in [6.45, 7) is 1.02. The first-order valence-corrected chi connectivity index (χ1v) is 5.43. The number of benzene rings is 1. The van der Waals surface area contributed by atoms with Crippen LogP contribution in [0.15, 0.2) is 18.2 Å². The maximum atomic E-state index is 12.9. The van der Waals surface area contributed by atoms with Gasteiger partial charge in [0.25, 0.3) is 0 Å². The lowest BCUT2D eigenvalue weighted by atomic mass is 9.85. The van der Waals surface area contributed by atoms with Crippen molar-refractivity contribution in [1.82, 2.24) is 0 Å². The Hall–Kier alpha value is -1.25. The monoisotopic (exact) mass is 208 g/mol. The Morgan fingerprint density at radius 1 is 1.47 bits per heavy atom. The summed E-state index contributed by atoms with van der Waals surface area (Å²) in [6, 6.07) is 4.60. The first-order valence-electron chi connectivity index (χ1n) is 5.43. The molecule has 3 heteroatoms. The molecular weight excluding hydrogens is 191 g/mol. The van der Waals surface area contributed by atoms with Gasteiger partial charge in [0, 0.05) is 13.6 Å². The second-order valence-electron chi connectivity index (χ2n) is 4.38. The van der Waals surface area contributed by atoms with E-state index in [4.69, 9.17) is 5.73 Å². The maximum Gasteiger partial charge on any atom is 0.125 e. The zero-order chi connectivity index (χ0) is 10.8. The van der Waals surface area contributed by atoms with E-state index in [-0.39, 0.29) is 5.82 Å². The summed E-state index contributed by atoms with van der Waals surface area (Å²) in [5.74, 6) is 0.521. The van der Waals surface area contributed by atoms with Crippen LogP contribution in [-0.2, 0) is 0 Å². The van der Waals surface area contributed by atoms with E-state index in [0.29, 0.717) is 5.69 Å². The smallest absolute Gasteiger partial charge is 0.125 e. The van der Waals surface area contributed by atoms with Crippen LogP contribution >= 0.6 is 0 Å². The quantitative estimate of drug-likeness (QED) is 0.774. The minimum Gasteiger partial charge on any atom is -0.397 e. The molecule has 82 valence electrons. The SMILES string of the molecule is CN(CC1CCC1)c1ccc(F)cc1N. The number of halogens is 1. The lowest BCUT2D eigenvalue weighted by molar-refractivity contribution is 0.321. The first kappa shape index (κ1) is 10.3. The third-order valence-electron chi connectivity index (χ3n) is 3.16. The van der Waals surface area contributed by atoms with Crippen molar-refractivity contribution < 1.29 is 4.39 Å². The lowest BCUT2D eigenvalue weighted by Gasteiger charge is -2.31. The van der Waals surface area contributed by atoms with Crippen LogP contribution < -0.4 is 10.6 Å². The van der Waals surface area contributed by atoms with Crippen LogP contribution in [0.1, 0.15) is 19.3 Å². The standard InChI is InChI=1S/C12H17FN2/c1-15(8-9-3-2-4-9)12-6-5-10(13)7-11(12)14/h5-7,9H,2-4,8,14H2,1H3. The third-order valence-corrected chi connectivity index (χ3v) is 3.16. The molecule has 1 aromatic carbocycles. The molecule has 0 atom stereocenters. The molecule has 0 spiro atoms. The first-order chi connectivity index (χ1) is 7.16. The van der Waals surface area contributed by atoms with Crippen molar-refractivity contribution >= 4 is 11.4 Å². The number of hydrogen-bond donors (Lipinski definition) is 1. The van der Waals surface area contributed by atoms with Crippen molar-refractivity contribution in [2.24, 2.45) is 5.92 Å². The summed E-state index contributed by atoms with van der Waals surface area (Å²) < 4.78 is 12.9. The summed E-state index contributed by atoms with van der Waals surface area (Å²) in [6.07, 6.45) is 3.97. The Morgan fingerprint density at radius 2 is 2.20 bits per heavy atom. The van der Waals surface area contributed by atoms with Gasteiger partial charge in [-0.15, -0.1) is 0 Å². The molecule has 1 aliphatic rings. The van der Waals surface area contributed by atoms with Gasteiger partial charge >= 0.3 is 0 Å². The predicted octanol–water partition coefficient (Wildman–Crippen LogP) is 2.64. The topological polar surface area (TPSA) is 29.3 Å². The van der Waals surface area contributed by atoms with Gasteiger partial charge in [-0.05, 0) is 37.0 Å². The number of nitrogen functional groups attached to an aromatic ring is 1. The zero-order valence-corrected chi connectivity index (χ0v) is 9.04. The minimum atomic E-state index is -0.270. The molecule has 1 aromatic rings. The number of nitrogens with zero attached hydrogens (tertiary/aromatic N) is 1. The van der Waals surface area contributed by atoms with Crippen molar-refractivity contribution in [3.63, 3.8) is 0 Å². The van der Waals surface area contributed by atoms with Gasteiger partial charge in [-0.1, -0.05) is 6.42 Å². The highest BCUT2D eigenvalue weighted by Gasteiger charge is 2.19. The van der Waals surface area contributed by atoms with Crippen molar-refractivity contribution in [3.8, 4) is 0 Å². The van der Waals surface area contributed by atoms with E-state index >= 15 is 0 Å². The molecule has 2 N–H and O–H groups in total. The Kier molecular flexibility index (Phi) is 2.80. The highest BCUT2D eigenvalue weighted by Crippen LogP contribution is 2.30. The number of nitrogens with two attached hydrogens (primary N) is 1. The van der Waals surface area contributed by atoms with Gasteiger partial charge in [0.1, 0.15) is 5.82 Å². The molecule has 0 saturated heterocycles. The Bertz CT molecular complexity index is 347. The normalized spacial score (nSPS) is 16.1. The van der Waals surface area contributed by atoms with E-state index in [9.17, 15) is 4.39 Å². The summed E-state index contributed by atoms with van der Waals surface area (Å²) in [7, 11) is 2.02. The van der Waals surface area contributed by atoms with Crippen LogP contribution in [0.25, 0.3) is 0 Å². The zero-order valence-electron chi connectivity index (χ0n) is 9.04. The van der Waals surface area contributed by atoms with Gasteiger partial charge in [-0.3, -0.25) is 0 Å². The fourth-order valence-corrected chi connectivity index (χ4v) is 2.03. The lowest BCUT2D eigenvalue weighted by Crippen LogP contribution is -2.29. The average Bonchev–Trinajstić information content (AvgIpc) is 2.11. The Balaban J connectivity index is 2.06. The summed E-state index contributed by atoms with van der Waals surface area (Å²) in [5.41, 5.74) is 7.23. The Labute approximate surface area is 89.9 Å². The number of hydrogen-bond acceptors (Lipinski definition) is 2.